The standard InChI is InChI=1S/C23H23N3O2.BrH/c24-23-25(15-17-27-19-9-3-1-4-10-19)21-13-7-8-14-22(21)26(23)16-18-28-20-11-5-2-6-12-20;/h1-14,24H,15-18H2;1H/p-1. The molecule has 4 aromatic rings. The van der Waals surface area contributed by atoms with E-state index in [1.807, 2.05) is 94.1 Å². The highest BCUT2D eigenvalue weighted by Gasteiger charge is 2.10. The molecule has 1 aromatic heterocycles. The minimum absolute atomic E-state index is 0. The molecule has 0 aliphatic carbocycles. The SMILES string of the molecule is N=c1n(CCOc2ccccc2)c2ccccc2n1CCOc1ccccc1.[Br-]. The van der Waals surface area contributed by atoms with Crippen LogP contribution in [-0.4, -0.2) is 22.3 Å². The molecule has 0 saturated carbocycles. The van der Waals surface area contributed by atoms with Gasteiger partial charge in [-0.15, -0.1) is 0 Å². The molecule has 150 valence electrons. The van der Waals surface area contributed by atoms with Crippen molar-refractivity contribution in [1.29, 1.82) is 5.41 Å². The van der Waals surface area contributed by atoms with Gasteiger partial charge >= 0.3 is 0 Å². The largest absolute Gasteiger partial charge is 1.00 e. The molecule has 1 N–H and O–H groups in total. The number of fused-ring (bicyclic) bond motifs is 1. The third-order valence-corrected chi connectivity index (χ3v) is 4.63. The van der Waals surface area contributed by atoms with Crippen LogP contribution in [0.5, 0.6) is 11.5 Å². The second-order valence-corrected chi connectivity index (χ2v) is 6.44. The van der Waals surface area contributed by atoms with Crippen molar-refractivity contribution in [3.8, 4) is 11.5 Å². The topological polar surface area (TPSA) is 52.2 Å². The number of nitrogens with zero attached hydrogens (tertiary/aromatic N) is 2. The Morgan fingerprint density at radius 3 is 1.38 bits per heavy atom. The number of rotatable bonds is 8. The number of para-hydroxylation sites is 4. The van der Waals surface area contributed by atoms with Crippen LogP contribution in [0, 0.1) is 5.41 Å². The van der Waals surface area contributed by atoms with E-state index in [1.165, 1.54) is 0 Å². The normalized spacial score (nSPS) is 10.5. The zero-order chi connectivity index (χ0) is 19.2. The first-order chi connectivity index (χ1) is 13.8. The molecule has 4 rings (SSSR count). The molecular formula is C23H23BrN3O2-. The lowest BCUT2D eigenvalue weighted by Gasteiger charge is -2.08. The van der Waals surface area contributed by atoms with Crippen molar-refractivity contribution in [2.24, 2.45) is 0 Å². The van der Waals surface area contributed by atoms with E-state index in [2.05, 4.69) is 0 Å². The van der Waals surface area contributed by atoms with Crippen molar-refractivity contribution in [3.63, 3.8) is 0 Å². The number of benzene rings is 3. The minimum atomic E-state index is 0. The highest BCUT2D eigenvalue weighted by molar-refractivity contribution is 5.75. The monoisotopic (exact) mass is 452 g/mol. The Bertz CT molecular complexity index is 1010. The third-order valence-electron chi connectivity index (χ3n) is 4.63. The summed E-state index contributed by atoms with van der Waals surface area (Å²) >= 11 is 0. The molecule has 6 heteroatoms. The fourth-order valence-corrected chi connectivity index (χ4v) is 3.29. The van der Waals surface area contributed by atoms with E-state index in [9.17, 15) is 0 Å². The van der Waals surface area contributed by atoms with E-state index in [-0.39, 0.29) is 17.0 Å². The van der Waals surface area contributed by atoms with E-state index in [0.717, 1.165) is 22.5 Å². The first-order valence-electron chi connectivity index (χ1n) is 9.41. The summed E-state index contributed by atoms with van der Waals surface area (Å²) in [6, 6.07) is 27.6. The molecule has 0 saturated heterocycles. The van der Waals surface area contributed by atoms with Crippen molar-refractivity contribution < 1.29 is 26.5 Å². The molecule has 3 aromatic carbocycles. The summed E-state index contributed by atoms with van der Waals surface area (Å²) in [4.78, 5) is 0. The molecule has 5 nitrogen and oxygen atoms in total. The van der Waals surface area contributed by atoms with Crippen LogP contribution >= 0.6 is 0 Å². The molecule has 0 fully saturated rings. The third kappa shape index (κ3) is 4.90. The number of imidazole rings is 1. The van der Waals surface area contributed by atoms with Crippen molar-refractivity contribution in [2.45, 2.75) is 13.1 Å². The molecule has 0 aliphatic heterocycles. The predicted octanol–water partition coefficient (Wildman–Crippen LogP) is 1.08. The lowest BCUT2D eigenvalue weighted by atomic mass is 10.3. The Morgan fingerprint density at radius 2 is 0.966 bits per heavy atom. The zero-order valence-electron chi connectivity index (χ0n) is 16.0. The first kappa shape index (κ1) is 20.7. The predicted molar refractivity (Wildman–Crippen MR) is 110 cm³/mol. The van der Waals surface area contributed by atoms with Gasteiger partial charge < -0.3 is 35.6 Å². The molecular weight excluding hydrogens is 430 g/mol. The number of hydrogen-bond acceptors (Lipinski definition) is 3. The van der Waals surface area contributed by atoms with Gasteiger partial charge in [0.25, 0.3) is 0 Å². The average Bonchev–Trinajstić information content (AvgIpc) is 3.01. The van der Waals surface area contributed by atoms with Crippen molar-refractivity contribution in [2.75, 3.05) is 13.2 Å². The Hall–Kier alpha value is -2.99. The number of halogens is 1. The molecule has 0 spiro atoms. The summed E-state index contributed by atoms with van der Waals surface area (Å²) in [5.74, 6) is 1.68. The maximum atomic E-state index is 8.66. The first-order valence-corrected chi connectivity index (χ1v) is 9.41. The molecule has 0 amide bonds. The van der Waals surface area contributed by atoms with E-state index in [0.29, 0.717) is 31.9 Å². The summed E-state index contributed by atoms with van der Waals surface area (Å²) in [6.45, 7) is 2.24. The maximum absolute atomic E-state index is 8.66. The highest BCUT2D eigenvalue weighted by atomic mass is 79.9. The Kier molecular flexibility index (Phi) is 7.14. The second kappa shape index (κ2) is 9.98. The average molecular weight is 453 g/mol. The number of ether oxygens (including phenoxy) is 2. The maximum Gasteiger partial charge on any atom is 0.203 e. The molecule has 0 aliphatic rings. The quantitative estimate of drug-likeness (QED) is 0.434. The summed E-state index contributed by atoms with van der Waals surface area (Å²) in [5, 5.41) is 8.66. The van der Waals surface area contributed by atoms with Crippen molar-refractivity contribution in [3.05, 3.63) is 90.5 Å². The molecule has 0 bridgehead atoms. The van der Waals surface area contributed by atoms with E-state index in [4.69, 9.17) is 14.9 Å². The number of aromatic nitrogens is 2. The van der Waals surface area contributed by atoms with Gasteiger partial charge in [0.05, 0.1) is 24.1 Å². The van der Waals surface area contributed by atoms with Crippen LogP contribution in [0.25, 0.3) is 11.0 Å². The van der Waals surface area contributed by atoms with Gasteiger partial charge in [-0.25, -0.2) is 0 Å². The van der Waals surface area contributed by atoms with Gasteiger partial charge in [-0.05, 0) is 36.4 Å². The second-order valence-electron chi connectivity index (χ2n) is 6.44. The van der Waals surface area contributed by atoms with Gasteiger partial charge in [0.15, 0.2) is 0 Å². The molecule has 29 heavy (non-hydrogen) atoms. The Morgan fingerprint density at radius 1 is 0.586 bits per heavy atom. The minimum Gasteiger partial charge on any atom is -1.00 e. The van der Waals surface area contributed by atoms with Gasteiger partial charge in [0.1, 0.15) is 24.7 Å². The van der Waals surface area contributed by atoms with Crippen LogP contribution in [0.1, 0.15) is 0 Å². The van der Waals surface area contributed by atoms with E-state index in [1.54, 1.807) is 0 Å². The summed E-state index contributed by atoms with van der Waals surface area (Å²) in [6.07, 6.45) is 0. The molecule has 0 unspecified atom stereocenters. The molecule has 1 heterocycles. The van der Waals surface area contributed by atoms with Crippen molar-refractivity contribution >= 4 is 11.0 Å². The van der Waals surface area contributed by atoms with Gasteiger partial charge in [-0.2, -0.15) is 0 Å². The summed E-state index contributed by atoms with van der Waals surface area (Å²) < 4.78 is 15.6. The van der Waals surface area contributed by atoms with Crippen molar-refractivity contribution in [1.82, 2.24) is 9.13 Å². The Labute approximate surface area is 180 Å². The van der Waals surface area contributed by atoms with Gasteiger partial charge in [-0.1, -0.05) is 48.5 Å². The van der Waals surface area contributed by atoms with Gasteiger partial charge in [0, 0.05) is 0 Å². The number of nitrogens with one attached hydrogen (secondary N) is 1. The van der Waals surface area contributed by atoms with Gasteiger partial charge in [0.2, 0.25) is 5.62 Å². The number of hydrogen-bond donors (Lipinski definition) is 1. The lowest BCUT2D eigenvalue weighted by Crippen LogP contribution is -3.00. The van der Waals surface area contributed by atoms with Crippen LogP contribution in [0.15, 0.2) is 84.9 Å². The molecule has 0 atom stereocenters. The Balaban J connectivity index is 0.00000240. The van der Waals surface area contributed by atoms with Gasteiger partial charge in [-0.3, -0.25) is 5.41 Å². The molecule has 0 radical (unpaired) electrons. The van der Waals surface area contributed by atoms with E-state index >= 15 is 0 Å². The van der Waals surface area contributed by atoms with Crippen LogP contribution in [0.4, 0.5) is 0 Å². The van der Waals surface area contributed by atoms with Crippen LogP contribution in [0.3, 0.4) is 0 Å². The van der Waals surface area contributed by atoms with Crippen LogP contribution < -0.4 is 32.1 Å². The van der Waals surface area contributed by atoms with Crippen LogP contribution in [0.2, 0.25) is 0 Å². The fraction of sp³-hybridized carbons (Fsp3) is 0.174. The fourth-order valence-electron chi connectivity index (χ4n) is 3.29. The highest BCUT2D eigenvalue weighted by Crippen LogP contribution is 2.14. The summed E-state index contributed by atoms with van der Waals surface area (Å²) in [5.41, 5.74) is 2.52. The smallest absolute Gasteiger partial charge is 0.203 e. The van der Waals surface area contributed by atoms with Crippen LogP contribution in [-0.2, 0) is 13.1 Å². The summed E-state index contributed by atoms with van der Waals surface area (Å²) in [7, 11) is 0. The zero-order valence-corrected chi connectivity index (χ0v) is 17.6. The van der Waals surface area contributed by atoms with E-state index < -0.39 is 0 Å². The lowest BCUT2D eigenvalue weighted by molar-refractivity contribution is -0.00000676.